The summed E-state index contributed by atoms with van der Waals surface area (Å²) in [4.78, 5) is 0. The summed E-state index contributed by atoms with van der Waals surface area (Å²) in [5.74, 6) is 0. The van der Waals surface area contributed by atoms with E-state index in [0.29, 0.717) is 0 Å². The van der Waals surface area contributed by atoms with Gasteiger partial charge in [0.1, 0.15) is 0 Å². The lowest BCUT2D eigenvalue weighted by molar-refractivity contribution is 0.293. The van der Waals surface area contributed by atoms with Gasteiger partial charge < -0.3 is 4.43 Å². The fraction of sp³-hybridized carbons (Fsp3) is 0.259. The van der Waals surface area contributed by atoms with Crippen molar-refractivity contribution >= 4 is 24.3 Å². The van der Waals surface area contributed by atoms with Crippen LogP contribution in [0.25, 0.3) is 5.57 Å². The molecule has 150 valence electrons. The average Bonchev–Trinajstić information content (AvgIpc) is 2.74. The van der Waals surface area contributed by atoms with Crippen molar-refractivity contribution in [1.29, 1.82) is 0 Å². The van der Waals surface area contributed by atoms with E-state index in [4.69, 9.17) is 4.43 Å². The lowest BCUT2D eigenvalue weighted by Gasteiger charge is -2.43. The monoisotopic (exact) mass is 400 g/mol. The molecule has 0 saturated carbocycles. The summed E-state index contributed by atoms with van der Waals surface area (Å²) < 4.78 is 6.95. The van der Waals surface area contributed by atoms with Gasteiger partial charge in [-0.25, -0.2) is 0 Å². The lowest BCUT2D eigenvalue weighted by atomic mass is 10.0. The third-order valence-corrected chi connectivity index (χ3v) is 10.6. The molecule has 3 aromatic carbocycles. The minimum atomic E-state index is -2.43. The predicted molar refractivity (Wildman–Crippen MR) is 128 cm³/mol. The largest absolute Gasteiger partial charge is 0.407 e. The number of allylic oxidation sites excluding steroid dienone is 1. The molecule has 0 amide bonds. The highest BCUT2D eigenvalue weighted by Gasteiger charge is 2.49. The predicted octanol–water partition coefficient (Wildman–Crippen LogP) is 6.06. The molecule has 0 aliphatic heterocycles. The minimum absolute atomic E-state index is 0.0200. The Kier molecular flexibility index (Phi) is 6.89. The first-order valence-electron chi connectivity index (χ1n) is 10.4. The molecule has 2 heteroatoms. The van der Waals surface area contributed by atoms with Crippen LogP contribution in [0.2, 0.25) is 5.04 Å². The molecule has 0 fully saturated rings. The van der Waals surface area contributed by atoms with Gasteiger partial charge in [-0.1, -0.05) is 118 Å². The average molecular weight is 401 g/mol. The van der Waals surface area contributed by atoms with Crippen LogP contribution in [-0.2, 0) is 4.43 Å². The highest BCUT2D eigenvalue weighted by Crippen LogP contribution is 2.37. The van der Waals surface area contributed by atoms with E-state index in [9.17, 15) is 0 Å². The summed E-state index contributed by atoms with van der Waals surface area (Å²) >= 11 is 0. The maximum Gasteiger partial charge on any atom is 0.261 e. The van der Waals surface area contributed by atoms with Crippen LogP contribution in [0.15, 0.2) is 97.6 Å². The summed E-state index contributed by atoms with van der Waals surface area (Å²) in [6.45, 7) is 12.0. The van der Waals surface area contributed by atoms with E-state index < -0.39 is 8.32 Å². The van der Waals surface area contributed by atoms with Crippen molar-refractivity contribution in [3.63, 3.8) is 0 Å². The first-order valence-corrected chi connectivity index (χ1v) is 12.3. The molecule has 29 heavy (non-hydrogen) atoms. The lowest BCUT2D eigenvalue weighted by Crippen LogP contribution is -2.66. The van der Waals surface area contributed by atoms with Gasteiger partial charge in [-0.05, 0) is 39.4 Å². The molecule has 0 atom stereocenters. The summed E-state index contributed by atoms with van der Waals surface area (Å²) in [6, 6.07) is 32.1. The molecule has 0 spiro atoms. The number of rotatable bonds is 8. The molecule has 1 nitrogen and oxygen atoms in total. The molecular formula is C27H32OSi. The number of hydrogen-bond acceptors (Lipinski definition) is 1. The van der Waals surface area contributed by atoms with E-state index in [1.807, 2.05) is 6.07 Å². The van der Waals surface area contributed by atoms with E-state index in [1.165, 1.54) is 21.5 Å². The van der Waals surface area contributed by atoms with Crippen LogP contribution in [0.4, 0.5) is 0 Å². The maximum atomic E-state index is 6.95. The second kappa shape index (κ2) is 9.38. The molecule has 0 aromatic heterocycles. The van der Waals surface area contributed by atoms with E-state index in [0.717, 1.165) is 19.4 Å². The van der Waals surface area contributed by atoms with Crippen LogP contribution in [0.1, 0.15) is 39.2 Å². The van der Waals surface area contributed by atoms with Crippen molar-refractivity contribution < 1.29 is 4.43 Å². The first-order chi connectivity index (χ1) is 13.9. The Hall–Kier alpha value is -2.42. The highest BCUT2D eigenvalue weighted by atomic mass is 28.4. The van der Waals surface area contributed by atoms with Gasteiger partial charge in [0.2, 0.25) is 0 Å². The highest BCUT2D eigenvalue weighted by molar-refractivity contribution is 6.99. The molecule has 0 saturated heterocycles. The Bertz CT molecular complexity index is 856. The van der Waals surface area contributed by atoms with E-state index in [1.54, 1.807) is 0 Å². The van der Waals surface area contributed by atoms with Gasteiger partial charge in [-0.15, -0.1) is 0 Å². The van der Waals surface area contributed by atoms with E-state index >= 15 is 0 Å². The standard InChI is InChI=1S/C27H32OSi/c1-23(24-16-8-5-9-17-24)15-14-22-28-29(27(2,3)4,25-18-10-6-11-19-25)26-20-12-7-13-21-26/h5-13,16-21H,1,14-15,22H2,2-4H3. The topological polar surface area (TPSA) is 9.23 Å². The van der Waals surface area contributed by atoms with Crippen molar-refractivity contribution in [2.75, 3.05) is 6.61 Å². The molecule has 0 N–H and O–H groups in total. The second-order valence-corrected chi connectivity index (χ2v) is 12.9. The normalized spacial score (nSPS) is 12.0. The van der Waals surface area contributed by atoms with Gasteiger partial charge in [0, 0.05) is 6.61 Å². The smallest absolute Gasteiger partial charge is 0.261 e. The molecule has 0 heterocycles. The van der Waals surface area contributed by atoms with Crippen LogP contribution in [0, 0.1) is 0 Å². The van der Waals surface area contributed by atoms with Crippen LogP contribution in [0.3, 0.4) is 0 Å². The van der Waals surface area contributed by atoms with Gasteiger partial charge in [0.25, 0.3) is 8.32 Å². The molecule has 3 rings (SSSR count). The van der Waals surface area contributed by atoms with Crippen LogP contribution in [-0.4, -0.2) is 14.9 Å². The van der Waals surface area contributed by atoms with Gasteiger partial charge in [0.15, 0.2) is 0 Å². The third-order valence-electron chi connectivity index (χ3n) is 5.54. The Labute approximate surface area is 177 Å². The van der Waals surface area contributed by atoms with Crippen LogP contribution >= 0.6 is 0 Å². The molecule has 3 aromatic rings. The fourth-order valence-corrected chi connectivity index (χ4v) is 8.70. The van der Waals surface area contributed by atoms with Gasteiger partial charge in [0.05, 0.1) is 0 Å². The fourth-order valence-electron chi connectivity index (χ4n) is 4.09. The third kappa shape index (κ3) is 4.77. The summed E-state index contributed by atoms with van der Waals surface area (Å²) in [5, 5.41) is 2.69. The second-order valence-electron chi connectivity index (χ2n) is 8.58. The molecule has 0 unspecified atom stereocenters. The Morgan fingerprint density at radius 3 is 1.66 bits per heavy atom. The summed E-state index contributed by atoms with van der Waals surface area (Å²) in [7, 11) is -2.43. The molecule has 0 radical (unpaired) electrons. The summed E-state index contributed by atoms with van der Waals surface area (Å²) in [5.41, 5.74) is 2.40. The molecule has 0 aliphatic rings. The number of hydrogen-bond donors (Lipinski definition) is 0. The summed E-state index contributed by atoms with van der Waals surface area (Å²) in [6.07, 6.45) is 1.92. The Balaban J connectivity index is 1.83. The quantitative estimate of drug-likeness (QED) is 0.330. The van der Waals surface area contributed by atoms with Crippen LogP contribution in [0.5, 0.6) is 0 Å². The van der Waals surface area contributed by atoms with Crippen molar-refractivity contribution in [3.05, 3.63) is 103 Å². The molecule has 0 aliphatic carbocycles. The zero-order valence-electron chi connectivity index (χ0n) is 17.9. The Morgan fingerprint density at radius 2 is 1.21 bits per heavy atom. The molecule has 0 bridgehead atoms. The number of benzene rings is 3. The van der Waals surface area contributed by atoms with Crippen molar-refractivity contribution in [2.24, 2.45) is 0 Å². The maximum absolute atomic E-state index is 6.95. The zero-order chi connectivity index (χ0) is 20.7. The van der Waals surface area contributed by atoms with Crippen molar-refractivity contribution in [2.45, 2.75) is 38.7 Å². The van der Waals surface area contributed by atoms with Gasteiger partial charge in [-0.3, -0.25) is 0 Å². The Morgan fingerprint density at radius 1 is 0.759 bits per heavy atom. The van der Waals surface area contributed by atoms with E-state index in [2.05, 4.69) is 112 Å². The molecular weight excluding hydrogens is 368 g/mol. The van der Waals surface area contributed by atoms with Crippen LogP contribution < -0.4 is 10.4 Å². The zero-order valence-corrected chi connectivity index (χ0v) is 18.9. The van der Waals surface area contributed by atoms with Gasteiger partial charge in [-0.2, -0.15) is 0 Å². The van der Waals surface area contributed by atoms with Crippen molar-refractivity contribution in [3.8, 4) is 0 Å². The minimum Gasteiger partial charge on any atom is -0.407 e. The van der Waals surface area contributed by atoms with Crippen molar-refractivity contribution in [1.82, 2.24) is 0 Å². The first kappa shape index (κ1) is 21.3. The van der Waals surface area contributed by atoms with E-state index in [-0.39, 0.29) is 5.04 Å². The SMILES string of the molecule is C=C(CCCO[Si](c1ccccc1)(c1ccccc1)C(C)(C)C)c1ccccc1. The van der Waals surface area contributed by atoms with Gasteiger partial charge >= 0.3 is 0 Å².